The molecular weight excluding hydrogens is 378 g/mol. The second-order valence-corrected chi connectivity index (χ2v) is 8.92. The van der Waals surface area contributed by atoms with E-state index in [4.69, 9.17) is 0 Å². The van der Waals surface area contributed by atoms with Gasteiger partial charge in [0.15, 0.2) is 0 Å². The van der Waals surface area contributed by atoms with Crippen LogP contribution in [0.1, 0.15) is 61.7 Å². The standard InChI is InChI=1S/C24H33N3O3/c28-22(13-12-19-7-4-5-8-19)25-15-17-26(18-16-25)24(30)21-11-6-14-27(21)23(29)20-9-2-1-3-10-20/h1-3,9-10,19,21H,4-8,11-18H2. The Labute approximate surface area is 179 Å². The summed E-state index contributed by atoms with van der Waals surface area (Å²) < 4.78 is 0. The number of amides is 3. The predicted molar refractivity (Wildman–Crippen MR) is 115 cm³/mol. The van der Waals surface area contributed by atoms with Crippen molar-refractivity contribution < 1.29 is 14.4 Å². The molecule has 2 heterocycles. The fourth-order valence-electron chi connectivity index (χ4n) is 5.18. The summed E-state index contributed by atoms with van der Waals surface area (Å²) in [7, 11) is 0. The summed E-state index contributed by atoms with van der Waals surface area (Å²) in [5, 5.41) is 0. The molecule has 1 atom stereocenters. The molecule has 1 aromatic carbocycles. The Hall–Kier alpha value is -2.37. The lowest BCUT2D eigenvalue weighted by Crippen LogP contribution is -2.55. The summed E-state index contributed by atoms with van der Waals surface area (Å²) in [6.07, 6.45) is 8.39. The molecule has 1 aromatic rings. The average Bonchev–Trinajstić information content (AvgIpc) is 3.49. The lowest BCUT2D eigenvalue weighted by Gasteiger charge is -2.37. The van der Waals surface area contributed by atoms with Gasteiger partial charge in [0.25, 0.3) is 5.91 Å². The third-order valence-corrected chi connectivity index (χ3v) is 7.00. The third kappa shape index (κ3) is 4.68. The summed E-state index contributed by atoms with van der Waals surface area (Å²) in [6, 6.07) is 8.82. The van der Waals surface area contributed by atoms with Crippen LogP contribution in [0.25, 0.3) is 0 Å². The molecule has 0 bridgehead atoms. The van der Waals surface area contributed by atoms with Crippen LogP contribution in [0.2, 0.25) is 0 Å². The van der Waals surface area contributed by atoms with E-state index in [2.05, 4.69) is 0 Å². The van der Waals surface area contributed by atoms with Crippen molar-refractivity contribution in [1.82, 2.24) is 14.7 Å². The van der Waals surface area contributed by atoms with Gasteiger partial charge in [-0.15, -0.1) is 0 Å². The van der Waals surface area contributed by atoms with E-state index in [9.17, 15) is 14.4 Å². The van der Waals surface area contributed by atoms with Crippen molar-refractivity contribution in [3.05, 3.63) is 35.9 Å². The van der Waals surface area contributed by atoms with Crippen LogP contribution in [0.4, 0.5) is 0 Å². The zero-order valence-electron chi connectivity index (χ0n) is 17.8. The van der Waals surface area contributed by atoms with Gasteiger partial charge in [-0.2, -0.15) is 0 Å². The molecule has 6 nitrogen and oxygen atoms in total. The number of hydrogen-bond donors (Lipinski definition) is 0. The summed E-state index contributed by atoms with van der Waals surface area (Å²) >= 11 is 0. The highest BCUT2D eigenvalue weighted by atomic mass is 16.2. The SMILES string of the molecule is O=C(CCC1CCCC1)N1CCN(C(=O)C2CCCN2C(=O)c2ccccc2)CC1. The first-order chi connectivity index (χ1) is 14.6. The van der Waals surface area contributed by atoms with E-state index in [1.807, 2.05) is 28.0 Å². The van der Waals surface area contributed by atoms with Crippen molar-refractivity contribution >= 4 is 17.7 Å². The van der Waals surface area contributed by atoms with Gasteiger partial charge < -0.3 is 14.7 Å². The number of carbonyl (C=O) groups excluding carboxylic acids is 3. The van der Waals surface area contributed by atoms with Gasteiger partial charge in [0.1, 0.15) is 6.04 Å². The molecular formula is C24H33N3O3. The van der Waals surface area contributed by atoms with Crippen LogP contribution in [0, 0.1) is 5.92 Å². The molecule has 3 aliphatic rings. The molecule has 30 heavy (non-hydrogen) atoms. The molecule has 2 aliphatic heterocycles. The number of benzene rings is 1. The second-order valence-electron chi connectivity index (χ2n) is 8.92. The Bertz CT molecular complexity index is 752. The van der Waals surface area contributed by atoms with Crippen molar-refractivity contribution in [1.29, 1.82) is 0 Å². The Morgan fingerprint density at radius 2 is 1.47 bits per heavy atom. The van der Waals surface area contributed by atoms with E-state index in [-0.39, 0.29) is 23.8 Å². The van der Waals surface area contributed by atoms with E-state index in [0.29, 0.717) is 44.7 Å². The Morgan fingerprint density at radius 3 is 2.17 bits per heavy atom. The topological polar surface area (TPSA) is 60.9 Å². The Morgan fingerprint density at radius 1 is 0.800 bits per heavy atom. The molecule has 3 amide bonds. The van der Waals surface area contributed by atoms with E-state index in [0.717, 1.165) is 25.2 Å². The number of carbonyl (C=O) groups is 3. The molecule has 1 saturated carbocycles. The van der Waals surface area contributed by atoms with E-state index >= 15 is 0 Å². The number of hydrogen-bond acceptors (Lipinski definition) is 3. The van der Waals surface area contributed by atoms with E-state index < -0.39 is 0 Å². The van der Waals surface area contributed by atoms with Crippen molar-refractivity contribution in [3.8, 4) is 0 Å². The molecule has 0 N–H and O–H groups in total. The Kier molecular flexibility index (Phi) is 6.70. The minimum atomic E-state index is -0.373. The molecule has 4 rings (SSSR count). The van der Waals surface area contributed by atoms with Gasteiger partial charge in [-0.1, -0.05) is 43.9 Å². The molecule has 1 aliphatic carbocycles. The monoisotopic (exact) mass is 411 g/mol. The first-order valence-corrected chi connectivity index (χ1v) is 11.6. The first kappa shape index (κ1) is 20.9. The third-order valence-electron chi connectivity index (χ3n) is 7.00. The van der Waals surface area contributed by atoms with Crippen LogP contribution in [-0.2, 0) is 9.59 Å². The second kappa shape index (κ2) is 9.63. The molecule has 2 saturated heterocycles. The smallest absolute Gasteiger partial charge is 0.254 e. The number of likely N-dealkylation sites (tertiary alicyclic amines) is 1. The Balaban J connectivity index is 1.28. The van der Waals surface area contributed by atoms with Gasteiger partial charge in [0.05, 0.1) is 0 Å². The fourth-order valence-corrected chi connectivity index (χ4v) is 5.18. The van der Waals surface area contributed by atoms with Crippen molar-refractivity contribution in [2.75, 3.05) is 32.7 Å². The van der Waals surface area contributed by atoms with Crippen molar-refractivity contribution in [2.45, 2.75) is 57.4 Å². The lowest BCUT2D eigenvalue weighted by atomic mass is 10.0. The molecule has 162 valence electrons. The summed E-state index contributed by atoms with van der Waals surface area (Å²) in [5.41, 5.74) is 0.634. The maximum Gasteiger partial charge on any atom is 0.254 e. The zero-order valence-corrected chi connectivity index (χ0v) is 17.8. The summed E-state index contributed by atoms with van der Waals surface area (Å²) in [5.74, 6) is 0.935. The van der Waals surface area contributed by atoms with Crippen LogP contribution in [0.3, 0.4) is 0 Å². The molecule has 0 spiro atoms. The van der Waals surface area contributed by atoms with Crippen LogP contribution < -0.4 is 0 Å². The fraction of sp³-hybridized carbons (Fsp3) is 0.625. The van der Waals surface area contributed by atoms with Gasteiger partial charge in [0.2, 0.25) is 11.8 Å². The van der Waals surface area contributed by atoms with Gasteiger partial charge in [-0.05, 0) is 37.3 Å². The van der Waals surface area contributed by atoms with E-state index in [1.165, 1.54) is 25.7 Å². The highest BCUT2D eigenvalue weighted by Gasteiger charge is 2.38. The number of nitrogens with zero attached hydrogens (tertiary/aromatic N) is 3. The van der Waals surface area contributed by atoms with Gasteiger partial charge in [-0.3, -0.25) is 14.4 Å². The number of piperazine rings is 1. The van der Waals surface area contributed by atoms with Crippen LogP contribution >= 0.6 is 0 Å². The largest absolute Gasteiger partial charge is 0.339 e. The summed E-state index contributed by atoms with van der Waals surface area (Å²) in [6.45, 7) is 2.97. The minimum absolute atomic E-state index is 0.0369. The highest BCUT2D eigenvalue weighted by molar-refractivity contribution is 5.98. The summed E-state index contributed by atoms with van der Waals surface area (Å²) in [4.78, 5) is 44.1. The lowest BCUT2D eigenvalue weighted by molar-refractivity contribution is -0.142. The van der Waals surface area contributed by atoms with E-state index in [1.54, 1.807) is 17.0 Å². The van der Waals surface area contributed by atoms with Gasteiger partial charge in [-0.25, -0.2) is 0 Å². The normalized spacial score (nSPS) is 22.5. The van der Waals surface area contributed by atoms with Gasteiger partial charge in [0, 0.05) is 44.7 Å². The van der Waals surface area contributed by atoms with Gasteiger partial charge >= 0.3 is 0 Å². The zero-order chi connectivity index (χ0) is 20.9. The molecule has 0 aromatic heterocycles. The molecule has 3 fully saturated rings. The predicted octanol–water partition coefficient (Wildman–Crippen LogP) is 2.93. The van der Waals surface area contributed by atoms with Crippen molar-refractivity contribution in [2.24, 2.45) is 5.92 Å². The minimum Gasteiger partial charge on any atom is -0.339 e. The molecule has 1 unspecified atom stereocenters. The molecule has 6 heteroatoms. The highest BCUT2D eigenvalue weighted by Crippen LogP contribution is 2.29. The maximum atomic E-state index is 13.2. The molecule has 0 radical (unpaired) electrons. The van der Waals surface area contributed by atoms with Crippen LogP contribution in [0.15, 0.2) is 30.3 Å². The first-order valence-electron chi connectivity index (χ1n) is 11.6. The van der Waals surface area contributed by atoms with Crippen LogP contribution in [0.5, 0.6) is 0 Å². The quantitative estimate of drug-likeness (QED) is 0.748. The van der Waals surface area contributed by atoms with Crippen molar-refractivity contribution in [3.63, 3.8) is 0 Å². The number of rotatable bonds is 5. The van der Waals surface area contributed by atoms with Crippen LogP contribution in [-0.4, -0.2) is 71.2 Å². The maximum absolute atomic E-state index is 13.2. The average molecular weight is 412 g/mol.